The molecule has 0 aromatic heterocycles. The maximum absolute atomic E-state index is 9.64. The van der Waals surface area contributed by atoms with Gasteiger partial charge in [-0.3, -0.25) is 0 Å². The number of rotatable bonds is 1. The van der Waals surface area contributed by atoms with E-state index in [1.807, 2.05) is 0 Å². The Morgan fingerprint density at radius 1 is 2.00 bits per heavy atom. The van der Waals surface area contributed by atoms with Crippen LogP contribution in [0, 0.1) is 0 Å². The third-order valence-corrected chi connectivity index (χ3v) is 0.609. The van der Waals surface area contributed by atoms with Crippen molar-refractivity contribution in [2.24, 2.45) is 0 Å². The number of hydrogen-bond donors (Lipinski definition) is 1. The monoisotopic (exact) mass is 112 g/mol. The second kappa shape index (κ2) is 2.67. The fourth-order valence-corrected chi connectivity index (χ4v) is 0.191. The Labute approximate surface area is 64.4 Å². The Kier molecular flexibility index (Phi) is 2.83. The van der Waals surface area contributed by atoms with E-state index in [4.69, 9.17) is 5.11 Å². The maximum atomic E-state index is 9.64. The molecule has 1 rings (SSSR count). The number of carboxylic acids is 1. The van der Waals surface area contributed by atoms with Gasteiger partial charge >= 0.3 is 35.5 Å². The standard InChI is InChI=1S/C3H4O3.Na.H/c4-3(5)2-1-6-2;;/h2H,1H2,(H,4,5);;/q;+1;-1/t2-;;/m1../s1. The van der Waals surface area contributed by atoms with Gasteiger partial charge in [0.05, 0.1) is 6.61 Å². The van der Waals surface area contributed by atoms with E-state index < -0.39 is 12.1 Å². The van der Waals surface area contributed by atoms with Crippen molar-refractivity contribution in [3.8, 4) is 0 Å². The largest absolute Gasteiger partial charge is 1.00 e. The van der Waals surface area contributed by atoms with E-state index in [-0.39, 0.29) is 31.0 Å². The van der Waals surface area contributed by atoms with Crippen LogP contribution < -0.4 is 29.6 Å². The van der Waals surface area contributed by atoms with Gasteiger partial charge in [0.2, 0.25) is 0 Å². The average Bonchev–Trinajstić information content (AvgIpc) is 2.06. The van der Waals surface area contributed by atoms with E-state index >= 15 is 0 Å². The first-order chi connectivity index (χ1) is 2.80. The Hall–Kier alpha value is 0.430. The van der Waals surface area contributed by atoms with Crippen LogP contribution in [-0.4, -0.2) is 23.8 Å². The molecule has 1 aliphatic heterocycles. The molecule has 7 heavy (non-hydrogen) atoms. The summed E-state index contributed by atoms with van der Waals surface area (Å²) in [5, 5.41) is 7.93. The number of carboxylic acid groups (broad SMARTS) is 1. The third-order valence-electron chi connectivity index (χ3n) is 0.609. The zero-order chi connectivity index (χ0) is 4.57. The van der Waals surface area contributed by atoms with Crippen LogP contribution in [0.5, 0.6) is 0 Å². The summed E-state index contributed by atoms with van der Waals surface area (Å²) in [5.74, 6) is -0.852. The molecule has 0 bridgehead atoms. The fourth-order valence-electron chi connectivity index (χ4n) is 0.191. The molecule has 4 heteroatoms. The zero-order valence-electron chi connectivity index (χ0n) is 5.05. The molecule has 0 radical (unpaired) electrons. The fraction of sp³-hybridized carbons (Fsp3) is 0.667. The molecule has 0 saturated carbocycles. The molecule has 0 spiro atoms. The minimum absolute atomic E-state index is 0. The molecule has 0 aliphatic carbocycles. The second-order valence-corrected chi connectivity index (χ2v) is 1.16. The summed E-state index contributed by atoms with van der Waals surface area (Å²) in [5.41, 5.74) is 0. The third kappa shape index (κ3) is 2.29. The SMILES string of the molecule is O=C(O)[C@H]1CO1.[H-].[Na+]. The van der Waals surface area contributed by atoms with Crippen LogP contribution in [0.15, 0.2) is 0 Å². The molecule has 3 nitrogen and oxygen atoms in total. The van der Waals surface area contributed by atoms with E-state index in [0.29, 0.717) is 6.61 Å². The summed E-state index contributed by atoms with van der Waals surface area (Å²) in [7, 11) is 0. The number of carbonyl (C=O) groups is 1. The van der Waals surface area contributed by atoms with Crippen molar-refractivity contribution in [2.45, 2.75) is 6.10 Å². The number of epoxide rings is 1. The van der Waals surface area contributed by atoms with Crippen LogP contribution >= 0.6 is 0 Å². The van der Waals surface area contributed by atoms with E-state index in [0.717, 1.165) is 0 Å². The number of ether oxygens (including phenoxy) is 1. The van der Waals surface area contributed by atoms with Gasteiger partial charge in [-0.05, 0) is 0 Å². The molecule has 0 aromatic rings. The van der Waals surface area contributed by atoms with Crippen molar-refractivity contribution in [1.29, 1.82) is 0 Å². The summed E-state index contributed by atoms with van der Waals surface area (Å²) in [4.78, 5) is 9.64. The molecular formula is C3H5NaO3. The van der Waals surface area contributed by atoms with Gasteiger partial charge in [-0.1, -0.05) is 0 Å². The maximum Gasteiger partial charge on any atom is 1.00 e. The van der Waals surface area contributed by atoms with Crippen LogP contribution in [0.1, 0.15) is 1.43 Å². The van der Waals surface area contributed by atoms with Crippen molar-refractivity contribution in [2.75, 3.05) is 6.61 Å². The van der Waals surface area contributed by atoms with Crippen molar-refractivity contribution >= 4 is 5.97 Å². The molecule has 1 heterocycles. The first-order valence-electron chi connectivity index (χ1n) is 1.65. The Balaban J connectivity index is 0. The number of aliphatic carboxylic acids is 1. The minimum Gasteiger partial charge on any atom is -1.00 e. The normalized spacial score (nSPS) is 25.4. The van der Waals surface area contributed by atoms with Crippen LogP contribution in [0.2, 0.25) is 0 Å². The van der Waals surface area contributed by atoms with Gasteiger partial charge in [-0.25, -0.2) is 4.79 Å². The van der Waals surface area contributed by atoms with Crippen molar-refractivity contribution < 1.29 is 45.6 Å². The summed E-state index contributed by atoms with van der Waals surface area (Å²) in [6.07, 6.45) is -0.481. The average molecular weight is 112 g/mol. The smallest absolute Gasteiger partial charge is 1.00 e. The summed E-state index contributed by atoms with van der Waals surface area (Å²) < 4.78 is 4.37. The molecule has 0 aromatic carbocycles. The van der Waals surface area contributed by atoms with Crippen LogP contribution in [0.4, 0.5) is 0 Å². The molecule has 1 atom stereocenters. The molecule has 1 N–H and O–H groups in total. The van der Waals surface area contributed by atoms with Gasteiger partial charge in [0.25, 0.3) is 0 Å². The van der Waals surface area contributed by atoms with Crippen molar-refractivity contribution in [1.82, 2.24) is 0 Å². The Morgan fingerprint density at radius 3 is 2.43 bits per heavy atom. The Morgan fingerprint density at radius 2 is 2.43 bits per heavy atom. The summed E-state index contributed by atoms with van der Waals surface area (Å²) in [6, 6.07) is 0. The van der Waals surface area contributed by atoms with Gasteiger partial charge in [-0.15, -0.1) is 0 Å². The van der Waals surface area contributed by atoms with Crippen LogP contribution in [0.3, 0.4) is 0 Å². The van der Waals surface area contributed by atoms with E-state index in [1.54, 1.807) is 0 Å². The first-order valence-corrected chi connectivity index (χ1v) is 1.65. The van der Waals surface area contributed by atoms with Gasteiger partial charge in [0, 0.05) is 0 Å². The van der Waals surface area contributed by atoms with E-state index in [1.165, 1.54) is 0 Å². The zero-order valence-corrected chi connectivity index (χ0v) is 6.05. The van der Waals surface area contributed by atoms with Crippen LogP contribution in [0.25, 0.3) is 0 Å². The number of hydrogen-bond acceptors (Lipinski definition) is 2. The Bertz CT molecular complexity index is 82.6. The molecular weight excluding hydrogens is 107 g/mol. The summed E-state index contributed by atoms with van der Waals surface area (Å²) >= 11 is 0. The van der Waals surface area contributed by atoms with Gasteiger partial charge in [0.1, 0.15) is 0 Å². The molecule has 1 fully saturated rings. The van der Waals surface area contributed by atoms with Gasteiger partial charge in [0.15, 0.2) is 6.10 Å². The van der Waals surface area contributed by atoms with Crippen molar-refractivity contribution in [3.05, 3.63) is 0 Å². The van der Waals surface area contributed by atoms with Crippen molar-refractivity contribution in [3.63, 3.8) is 0 Å². The van der Waals surface area contributed by atoms with Gasteiger partial charge < -0.3 is 11.3 Å². The topological polar surface area (TPSA) is 49.8 Å². The second-order valence-electron chi connectivity index (χ2n) is 1.16. The van der Waals surface area contributed by atoms with Crippen LogP contribution in [-0.2, 0) is 9.53 Å². The minimum atomic E-state index is -0.852. The molecule has 1 aliphatic rings. The predicted molar refractivity (Wildman–Crippen MR) is 18.5 cm³/mol. The van der Waals surface area contributed by atoms with E-state index in [9.17, 15) is 4.79 Å². The van der Waals surface area contributed by atoms with Gasteiger partial charge in [-0.2, -0.15) is 0 Å². The molecule has 0 amide bonds. The molecule has 0 unspecified atom stereocenters. The molecule has 36 valence electrons. The quantitative estimate of drug-likeness (QED) is 0.284. The van der Waals surface area contributed by atoms with E-state index in [2.05, 4.69) is 4.74 Å². The molecule has 1 saturated heterocycles. The predicted octanol–water partition coefficient (Wildman–Crippen LogP) is -3.41. The first kappa shape index (κ1) is 7.43. The summed E-state index contributed by atoms with van der Waals surface area (Å²) in [6.45, 7) is 0.398.